The van der Waals surface area contributed by atoms with Gasteiger partial charge in [-0.2, -0.15) is 2.78 Å². The van der Waals surface area contributed by atoms with Crippen LogP contribution in [0.15, 0.2) is 82.6 Å². The number of hydrogen-bond donors (Lipinski definition) is 0. The summed E-state index contributed by atoms with van der Waals surface area (Å²) < 4.78 is 4.51. The minimum Gasteiger partial charge on any atom is -0.225 e. The van der Waals surface area contributed by atoms with Crippen LogP contribution in [0.5, 0.6) is 0 Å². The quantitative estimate of drug-likeness (QED) is 0.319. The van der Waals surface area contributed by atoms with E-state index in [2.05, 4.69) is 111 Å². The van der Waals surface area contributed by atoms with E-state index in [0.717, 1.165) is 11.3 Å². The normalized spacial score (nSPS) is 19.0. The summed E-state index contributed by atoms with van der Waals surface area (Å²) in [6, 6.07) is 17.1. The van der Waals surface area contributed by atoms with Gasteiger partial charge in [0.15, 0.2) is 11.0 Å². The van der Waals surface area contributed by atoms with Crippen molar-refractivity contribution in [1.82, 2.24) is 2.78 Å². The van der Waals surface area contributed by atoms with Gasteiger partial charge in [-0.05, 0) is 42.7 Å². The zero-order valence-corrected chi connectivity index (χ0v) is 17.8. The molecule has 3 aromatic rings. The molecule has 1 aliphatic heterocycles. The molecule has 0 radical (unpaired) electrons. The Balaban J connectivity index is 1.93. The molecule has 2 nitrogen and oxygen atoms in total. The van der Waals surface area contributed by atoms with E-state index in [4.69, 9.17) is 0 Å². The minimum absolute atomic E-state index is 0.945. The maximum Gasteiger partial charge on any atom is 0.299 e. The van der Waals surface area contributed by atoms with E-state index in [-0.39, 0.29) is 0 Å². The van der Waals surface area contributed by atoms with Crippen LogP contribution in [-0.2, 0) is 13.5 Å². The van der Waals surface area contributed by atoms with Gasteiger partial charge in [0.25, 0.3) is 5.82 Å². The third-order valence-corrected chi connectivity index (χ3v) is 6.81. The van der Waals surface area contributed by atoms with E-state index in [0.29, 0.717) is 0 Å². The molecule has 130 valence electrons. The van der Waals surface area contributed by atoms with Gasteiger partial charge in [0.1, 0.15) is 0 Å². The molecule has 0 unspecified atom stereocenters. The minimum atomic E-state index is 0.945. The molecule has 4 rings (SSSR count). The summed E-state index contributed by atoms with van der Waals surface area (Å²) in [4.78, 5) is 2.37. The molecule has 4 heteroatoms. The Labute approximate surface area is 172 Å². The van der Waals surface area contributed by atoms with Gasteiger partial charge in [0, 0.05) is 9.80 Å². The van der Waals surface area contributed by atoms with Crippen LogP contribution in [0.1, 0.15) is 18.3 Å². The van der Waals surface area contributed by atoms with Gasteiger partial charge >= 0.3 is 0 Å². The van der Waals surface area contributed by atoms with Gasteiger partial charge in [0.05, 0.1) is 12.6 Å². The highest BCUT2D eigenvalue weighted by Crippen LogP contribution is 2.40. The summed E-state index contributed by atoms with van der Waals surface area (Å²) in [5, 5.41) is 0. The molecule has 26 heavy (non-hydrogen) atoms. The average molecular weight is 471 g/mol. The fourth-order valence-electron chi connectivity index (χ4n) is 3.46. The van der Waals surface area contributed by atoms with Gasteiger partial charge in [-0.3, -0.25) is 0 Å². The van der Waals surface area contributed by atoms with Gasteiger partial charge in [-0.1, -0.05) is 60.8 Å². The number of para-hydroxylation sites is 2. The van der Waals surface area contributed by atoms with Crippen molar-refractivity contribution in [3.63, 3.8) is 0 Å². The monoisotopic (exact) mass is 471 g/mol. The number of fused-ring (bicyclic) bond motifs is 2. The second-order valence-corrected chi connectivity index (χ2v) is 8.55. The Morgan fingerprint density at radius 3 is 2.65 bits per heavy atom. The Bertz CT molecular complexity index is 1050. The summed E-state index contributed by atoms with van der Waals surface area (Å²) in [5.74, 6) is 1.17. The fraction of sp³-hybridized carbons (Fsp3) is 0.136. The maximum atomic E-state index is 4.46. The van der Waals surface area contributed by atoms with Crippen molar-refractivity contribution in [2.45, 2.75) is 18.2 Å². The molecule has 0 saturated heterocycles. The number of halogens is 1. The zero-order chi connectivity index (χ0) is 18.3. The number of imidazole rings is 1. The Kier molecular flexibility index (Phi) is 4.80. The lowest BCUT2D eigenvalue weighted by Crippen LogP contribution is -2.32. The highest BCUT2D eigenvalue weighted by Gasteiger charge is 2.28. The number of nitrogens with zero attached hydrogens (tertiary/aromatic N) is 2. The summed E-state index contributed by atoms with van der Waals surface area (Å²) in [5.41, 5.74) is 6.23. The molecular weight excluding hydrogens is 451 g/mol. The predicted octanol–water partition coefficient (Wildman–Crippen LogP) is 5.86. The molecule has 0 aliphatic carbocycles. The van der Waals surface area contributed by atoms with Gasteiger partial charge < -0.3 is 0 Å². The van der Waals surface area contributed by atoms with E-state index in [1.54, 1.807) is 11.8 Å². The van der Waals surface area contributed by atoms with Crippen LogP contribution >= 0.6 is 34.6 Å². The Morgan fingerprint density at radius 1 is 1.12 bits per heavy atom. The van der Waals surface area contributed by atoms with Crippen LogP contribution < -0.4 is 4.57 Å². The highest BCUT2D eigenvalue weighted by molar-refractivity contribution is 14.1. The standard InChI is InChI=1S/C22H20IN2S/c1-15-9-8-11-17-10-4-7-14-20(17)26-16(2)21(15)22-24(3)18-12-5-6-13-19(18)25(22)23/h4-10,12-14H,2,11H2,1,3H3/q+1/b9-8-,21-15+. The number of aryl methyl sites for hydroxylation is 1. The second kappa shape index (κ2) is 7.08. The summed E-state index contributed by atoms with van der Waals surface area (Å²) in [7, 11) is 2.13. The molecular formula is C22H20IN2S+. The van der Waals surface area contributed by atoms with Crippen LogP contribution in [0.2, 0.25) is 0 Å². The molecule has 0 fully saturated rings. The number of thioether (sulfide) groups is 1. The van der Waals surface area contributed by atoms with Crippen molar-refractivity contribution in [3.8, 4) is 0 Å². The third kappa shape index (κ3) is 2.95. The van der Waals surface area contributed by atoms with Crippen molar-refractivity contribution in [2.75, 3.05) is 0 Å². The molecule has 0 saturated carbocycles. The van der Waals surface area contributed by atoms with Crippen molar-refractivity contribution < 1.29 is 4.57 Å². The lowest BCUT2D eigenvalue weighted by molar-refractivity contribution is -0.647. The number of aromatic nitrogens is 2. The van der Waals surface area contributed by atoms with Crippen LogP contribution in [0.25, 0.3) is 16.6 Å². The smallest absolute Gasteiger partial charge is 0.225 e. The first-order valence-electron chi connectivity index (χ1n) is 8.56. The van der Waals surface area contributed by atoms with Crippen LogP contribution in [0.3, 0.4) is 0 Å². The van der Waals surface area contributed by atoms with E-state index >= 15 is 0 Å². The molecule has 1 aliphatic rings. The topological polar surface area (TPSA) is 8.81 Å². The molecule has 1 aromatic heterocycles. The molecule has 2 aromatic carbocycles. The summed E-state index contributed by atoms with van der Waals surface area (Å²) in [6.45, 7) is 6.64. The number of rotatable bonds is 1. The van der Waals surface area contributed by atoms with Gasteiger partial charge in [0.2, 0.25) is 22.9 Å². The maximum absolute atomic E-state index is 4.46. The van der Waals surface area contributed by atoms with E-state index in [1.165, 1.54) is 38.5 Å². The van der Waals surface area contributed by atoms with Gasteiger partial charge in [-0.25, -0.2) is 4.57 Å². The molecule has 0 spiro atoms. The molecule has 0 N–H and O–H groups in total. The van der Waals surface area contributed by atoms with Crippen LogP contribution in [-0.4, -0.2) is 2.78 Å². The lowest BCUT2D eigenvalue weighted by atomic mass is 10.1. The molecule has 2 heterocycles. The van der Waals surface area contributed by atoms with E-state index in [9.17, 15) is 0 Å². The first kappa shape index (κ1) is 17.6. The predicted molar refractivity (Wildman–Crippen MR) is 119 cm³/mol. The summed E-state index contributed by atoms with van der Waals surface area (Å²) in [6.07, 6.45) is 5.44. The first-order valence-corrected chi connectivity index (χ1v) is 10.3. The number of benzene rings is 2. The van der Waals surface area contributed by atoms with E-state index < -0.39 is 0 Å². The lowest BCUT2D eigenvalue weighted by Gasteiger charge is -2.11. The van der Waals surface area contributed by atoms with Crippen molar-refractivity contribution >= 4 is 51.2 Å². The van der Waals surface area contributed by atoms with Crippen LogP contribution in [0.4, 0.5) is 0 Å². The second-order valence-electron chi connectivity index (χ2n) is 6.45. The first-order chi connectivity index (χ1) is 12.6. The van der Waals surface area contributed by atoms with Crippen molar-refractivity contribution in [2.24, 2.45) is 7.05 Å². The van der Waals surface area contributed by atoms with Crippen molar-refractivity contribution in [3.05, 3.63) is 89.1 Å². The SMILES string of the molecule is C=C1Sc2ccccc2C/C=C\C(C)=C/1c1n(I)c2ccccc2[n+]1C. The molecule has 0 amide bonds. The molecule has 0 bridgehead atoms. The number of allylic oxidation sites excluding steroid dienone is 4. The zero-order valence-electron chi connectivity index (χ0n) is 14.9. The fourth-order valence-corrected chi connectivity index (χ4v) is 5.48. The average Bonchev–Trinajstić information content (AvgIpc) is 2.91. The molecule has 0 atom stereocenters. The third-order valence-electron chi connectivity index (χ3n) is 4.77. The Morgan fingerprint density at radius 2 is 1.85 bits per heavy atom. The van der Waals surface area contributed by atoms with E-state index in [1.807, 2.05) is 0 Å². The van der Waals surface area contributed by atoms with Crippen LogP contribution in [0, 0.1) is 0 Å². The van der Waals surface area contributed by atoms with Crippen molar-refractivity contribution in [1.29, 1.82) is 0 Å². The largest absolute Gasteiger partial charge is 0.299 e. The Hall–Kier alpha value is -1.79. The number of hydrogen-bond acceptors (Lipinski definition) is 1. The highest BCUT2D eigenvalue weighted by atomic mass is 127. The van der Waals surface area contributed by atoms with Gasteiger partial charge in [-0.15, -0.1) is 0 Å². The summed E-state index contributed by atoms with van der Waals surface area (Å²) >= 11 is 4.17.